The molecule has 2 amide bonds. The predicted octanol–water partition coefficient (Wildman–Crippen LogP) is 4.71. The minimum atomic E-state index is -0.563. The molecule has 0 fully saturated rings. The lowest BCUT2D eigenvalue weighted by atomic mass is 10.1. The molecule has 12 nitrogen and oxygen atoms in total. The minimum absolute atomic E-state index is 0.278. The van der Waals surface area contributed by atoms with Crippen molar-refractivity contribution in [1.82, 2.24) is 35.5 Å². The molecule has 0 saturated carbocycles. The number of carbonyl (C=O) groups is 2. The Bertz CT molecular complexity index is 1520. The molecule has 0 spiro atoms. The van der Waals surface area contributed by atoms with Crippen LogP contribution in [0, 0.1) is 0 Å². The number of methoxy groups -OCH3 is 1. The number of aromatic nitrogens is 6. The summed E-state index contributed by atoms with van der Waals surface area (Å²) >= 11 is 6.19. The SMILES string of the molecule is COC(=O)Nc1ccc2c(c1)OCCCCC[C@H](NC(=O)C=Cc1cc(Cl)ccc1-n1cnnn1)c1ncc-2[nH]1. The van der Waals surface area contributed by atoms with Crippen molar-refractivity contribution in [2.75, 3.05) is 19.0 Å². The van der Waals surface area contributed by atoms with Crippen molar-refractivity contribution in [3.63, 3.8) is 0 Å². The summed E-state index contributed by atoms with van der Waals surface area (Å²) in [6, 6.07) is 10.3. The molecule has 4 aromatic rings. The van der Waals surface area contributed by atoms with Crippen molar-refractivity contribution in [3.8, 4) is 22.7 Å². The summed E-state index contributed by atoms with van der Waals surface area (Å²) < 4.78 is 12.2. The van der Waals surface area contributed by atoms with E-state index in [1.54, 1.807) is 42.6 Å². The topological polar surface area (TPSA) is 149 Å². The van der Waals surface area contributed by atoms with E-state index in [4.69, 9.17) is 16.3 Å². The van der Waals surface area contributed by atoms with Crippen LogP contribution in [-0.2, 0) is 9.53 Å². The van der Waals surface area contributed by atoms with Gasteiger partial charge < -0.3 is 19.8 Å². The number of hydrogen-bond donors (Lipinski definition) is 3. The Morgan fingerprint density at radius 1 is 1.20 bits per heavy atom. The van der Waals surface area contributed by atoms with Crippen LogP contribution < -0.4 is 15.4 Å². The molecule has 1 atom stereocenters. The van der Waals surface area contributed by atoms with Gasteiger partial charge in [-0.2, -0.15) is 4.68 Å². The number of imidazole rings is 1. The van der Waals surface area contributed by atoms with Crippen LogP contribution in [0.15, 0.2) is 55.0 Å². The van der Waals surface area contributed by atoms with Gasteiger partial charge >= 0.3 is 6.09 Å². The lowest BCUT2D eigenvalue weighted by Gasteiger charge is -2.17. The van der Waals surface area contributed by atoms with E-state index in [0.29, 0.717) is 46.6 Å². The summed E-state index contributed by atoms with van der Waals surface area (Å²) in [5.74, 6) is 0.963. The third-order valence-electron chi connectivity index (χ3n) is 6.34. The van der Waals surface area contributed by atoms with E-state index >= 15 is 0 Å². The summed E-state index contributed by atoms with van der Waals surface area (Å²) in [6.45, 7) is 0.513. The number of fused-ring (bicyclic) bond motifs is 4. The average molecular weight is 563 g/mol. The van der Waals surface area contributed by atoms with Crippen LogP contribution >= 0.6 is 11.6 Å². The van der Waals surface area contributed by atoms with Gasteiger partial charge in [0, 0.05) is 34.0 Å². The number of H-pyrrole nitrogens is 1. The maximum Gasteiger partial charge on any atom is 0.411 e. The molecule has 0 saturated heterocycles. The Morgan fingerprint density at radius 2 is 2.10 bits per heavy atom. The molecule has 2 bridgehead atoms. The highest BCUT2D eigenvalue weighted by Crippen LogP contribution is 2.33. The zero-order valence-corrected chi connectivity index (χ0v) is 22.4. The Hall–Kier alpha value is -4.71. The van der Waals surface area contributed by atoms with Crippen molar-refractivity contribution >= 4 is 35.4 Å². The van der Waals surface area contributed by atoms with Gasteiger partial charge in [0.25, 0.3) is 0 Å². The van der Waals surface area contributed by atoms with Gasteiger partial charge in [-0.1, -0.05) is 18.0 Å². The van der Waals surface area contributed by atoms with E-state index in [-0.39, 0.29) is 11.9 Å². The van der Waals surface area contributed by atoms with Crippen molar-refractivity contribution in [3.05, 3.63) is 71.4 Å². The molecular formula is C27H27ClN8O4. The molecular weight excluding hydrogens is 536 g/mol. The van der Waals surface area contributed by atoms with E-state index in [2.05, 4.69) is 40.9 Å². The number of carbonyl (C=O) groups excluding carboxylic acids is 2. The van der Waals surface area contributed by atoms with E-state index < -0.39 is 6.09 Å². The molecule has 1 aliphatic heterocycles. The van der Waals surface area contributed by atoms with Crippen LogP contribution in [0.2, 0.25) is 5.02 Å². The van der Waals surface area contributed by atoms with Gasteiger partial charge in [-0.15, -0.1) is 5.10 Å². The van der Waals surface area contributed by atoms with Crippen molar-refractivity contribution in [2.24, 2.45) is 0 Å². The van der Waals surface area contributed by atoms with Gasteiger partial charge in [0.1, 0.15) is 17.9 Å². The highest BCUT2D eigenvalue weighted by Gasteiger charge is 2.20. The lowest BCUT2D eigenvalue weighted by Crippen LogP contribution is -2.27. The third-order valence-corrected chi connectivity index (χ3v) is 6.58. The fourth-order valence-electron chi connectivity index (χ4n) is 4.37. The molecule has 40 heavy (non-hydrogen) atoms. The van der Waals surface area contributed by atoms with Crippen LogP contribution in [0.25, 0.3) is 23.0 Å². The Kier molecular flexibility index (Phi) is 8.35. The van der Waals surface area contributed by atoms with E-state index in [1.807, 2.05) is 6.07 Å². The van der Waals surface area contributed by atoms with Gasteiger partial charge in [0.05, 0.1) is 37.3 Å². The second kappa shape index (κ2) is 12.4. The molecule has 5 rings (SSSR count). The molecule has 0 radical (unpaired) electrons. The maximum atomic E-state index is 13.0. The van der Waals surface area contributed by atoms with Crippen molar-refractivity contribution in [1.29, 1.82) is 0 Å². The first kappa shape index (κ1) is 26.9. The molecule has 13 heteroatoms. The second-order valence-electron chi connectivity index (χ2n) is 9.06. The average Bonchev–Trinajstić information content (AvgIpc) is 3.66. The number of hydrogen-bond acceptors (Lipinski definition) is 8. The molecule has 3 heterocycles. The number of anilines is 1. The first-order valence-corrected chi connectivity index (χ1v) is 13.1. The van der Waals surface area contributed by atoms with Crippen LogP contribution in [0.3, 0.4) is 0 Å². The highest BCUT2D eigenvalue weighted by molar-refractivity contribution is 6.30. The number of rotatable bonds is 5. The predicted molar refractivity (Wildman–Crippen MR) is 148 cm³/mol. The normalized spacial score (nSPS) is 15.3. The number of benzene rings is 2. The van der Waals surface area contributed by atoms with Crippen molar-refractivity contribution in [2.45, 2.75) is 31.7 Å². The Balaban J connectivity index is 1.36. The van der Waals surface area contributed by atoms with Crippen molar-refractivity contribution < 1.29 is 19.1 Å². The molecule has 0 unspecified atom stereocenters. The number of ether oxygens (including phenoxy) is 2. The van der Waals surface area contributed by atoms with E-state index in [9.17, 15) is 9.59 Å². The summed E-state index contributed by atoms with van der Waals surface area (Å²) in [5, 5.41) is 17.5. The third kappa shape index (κ3) is 6.46. The molecule has 3 N–H and O–H groups in total. The fourth-order valence-corrected chi connectivity index (χ4v) is 4.55. The number of nitrogens with zero attached hydrogens (tertiary/aromatic N) is 5. The van der Waals surface area contributed by atoms with Crippen LogP contribution in [0.5, 0.6) is 5.75 Å². The smallest absolute Gasteiger partial charge is 0.411 e. The first-order chi connectivity index (χ1) is 19.5. The van der Waals surface area contributed by atoms with Gasteiger partial charge in [-0.3, -0.25) is 10.1 Å². The second-order valence-corrected chi connectivity index (χ2v) is 9.50. The number of nitrogens with one attached hydrogen (secondary N) is 3. The van der Waals surface area contributed by atoms with Crippen LogP contribution in [0.4, 0.5) is 10.5 Å². The summed E-state index contributed by atoms with van der Waals surface area (Å²) in [6.07, 6.45) is 9.06. The number of aromatic amines is 1. The summed E-state index contributed by atoms with van der Waals surface area (Å²) in [4.78, 5) is 32.6. The molecule has 2 aromatic heterocycles. The maximum absolute atomic E-state index is 13.0. The molecule has 0 aliphatic carbocycles. The standard InChI is InChI=1S/C27H27ClN8O4/c1-39-27(38)31-19-8-9-20-22-15-29-26(33-22)21(5-3-2-4-12-40-24(20)14-19)32-25(37)11-6-17-13-18(28)7-10-23(17)36-16-30-34-35-36/h6-11,13-16,21H,2-5,12H2,1H3,(H,29,33)(H,31,38)(H,32,37)/t21-/m0/s1. The Labute approximate surface area is 234 Å². The molecule has 1 aliphatic rings. The molecule has 2 aromatic carbocycles. The van der Waals surface area contributed by atoms with Gasteiger partial charge in [-0.25, -0.2) is 9.78 Å². The van der Waals surface area contributed by atoms with Gasteiger partial charge in [0.15, 0.2) is 0 Å². The summed E-state index contributed by atoms with van der Waals surface area (Å²) in [5.41, 5.74) is 3.45. The van der Waals surface area contributed by atoms with Crippen LogP contribution in [-0.4, -0.2) is 55.9 Å². The number of amides is 2. The zero-order valence-electron chi connectivity index (χ0n) is 21.6. The van der Waals surface area contributed by atoms with Gasteiger partial charge in [-0.05, 0) is 66.1 Å². The van der Waals surface area contributed by atoms with Crippen LogP contribution in [0.1, 0.15) is 43.1 Å². The quantitative estimate of drug-likeness (QED) is 0.296. The zero-order chi connectivity index (χ0) is 27.9. The number of tetrazole rings is 1. The monoisotopic (exact) mass is 562 g/mol. The largest absolute Gasteiger partial charge is 0.493 e. The highest BCUT2D eigenvalue weighted by atomic mass is 35.5. The van der Waals surface area contributed by atoms with E-state index in [0.717, 1.165) is 30.5 Å². The minimum Gasteiger partial charge on any atom is -0.493 e. The number of halogens is 1. The van der Waals surface area contributed by atoms with Gasteiger partial charge in [0.2, 0.25) is 5.91 Å². The summed E-state index contributed by atoms with van der Waals surface area (Å²) in [7, 11) is 1.31. The Morgan fingerprint density at radius 3 is 2.92 bits per heavy atom. The van der Waals surface area contributed by atoms with E-state index in [1.165, 1.54) is 24.2 Å². The lowest BCUT2D eigenvalue weighted by molar-refractivity contribution is -0.117. The molecule has 206 valence electrons. The first-order valence-electron chi connectivity index (χ1n) is 12.7. The fraction of sp³-hybridized carbons (Fsp3) is 0.259.